The van der Waals surface area contributed by atoms with Crippen molar-refractivity contribution in [3.05, 3.63) is 11.6 Å². The molecule has 1 fully saturated rings. The van der Waals surface area contributed by atoms with Crippen molar-refractivity contribution in [2.75, 3.05) is 6.54 Å². The standard InChI is InChI=1S/C11H19N/c1-9-7-11(9,8-12)10-5-3-2-4-6-10/h5,9H,2-4,6-8,12H2,1H3. The molecule has 2 aliphatic rings. The third-order valence-electron chi connectivity index (χ3n) is 3.75. The predicted molar refractivity (Wildman–Crippen MR) is 51.8 cm³/mol. The molecule has 0 heterocycles. The number of hydrogen-bond donors (Lipinski definition) is 1. The normalized spacial score (nSPS) is 40.8. The van der Waals surface area contributed by atoms with Crippen LogP contribution in [0, 0.1) is 11.3 Å². The van der Waals surface area contributed by atoms with E-state index in [4.69, 9.17) is 5.73 Å². The van der Waals surface area contributed by atoms with Gasteiger partial charge in [-0.25, -0.2) is 0 Å². The van der Waals surface area contributed by atoms with E-state index in [-0.39, 0.29) is 0 Å². The zero-order valence-electron chi connectivity index (χ0n) is 7.97. The van der Waals surface area contributed by atoms with Gasteiger partial charge in [-0.1, -0.05) is 18.6 Å². The third kappa shape index (κ3) is 1.11. The summed E-state index contributed by atoms with van der Waals surface area (Å²) in [6, 6.07) is 0. The molecule has 68 valence electrons. The fourth-order valence-electron chi connectivity index (χ4n) is 2.64. The highest BCUT2D eigenvalue weighted by molar-refractivity contribution is 5.26. The number of hydrogen-bond acceptors (Lipinski definition) is 1. The van der Waals surface area contributed by atoms with Crippen LogP contribution in [0.15, 0.2) is 11.6 Å². The van der Waals surface area contributed by atoms with E-state index in [2.05, 4.69) is 13.0 Å². The first-order valence-electron chi connectivity index (χ1n) is 5.19. The van der Waals surface area contributed by atoms with Gasteiger partial charge in [-0.15, -0.1) is 0 Å². The molecule has 0 saturated heterocycles. The Morgan fingerprint density at radius 3 is 2.75 bits per heavy atom. The second-order valence-corrected chi connectivity index (χ2v) is 4.44. The molecule has 0 bridgehead atoms. The Balaban J connectivity index is 2.12. The van der Waals surface area contributed by atoms with Crippen LogP contribution >= 0.6 is 0 Å². The lowest BCUT2D eigenvalue weighted by molar-refractivity contribution is 0.512. The highest BCUT2D eigenvalue weighted by Gasteiger charge is 2.51. The summed E-state index contributed by atoms with van der Waals surface area (Å²) in [4.78, 5) is 0. The van der Waals surface area contributed by atoms with E-state index in [1.807, 2.05) is 0 Å². The lowest BCUT2D eigenvalue weighted by Crippen LogP contribution is -2.21. The zero-order chi connectivity index (χ0) is 8.60. The number of rotatable bonds is 2. The van der Waals surface area contributed by atoms with Gasteiger partial charge in [0, 0.05) is 12.0 Å². The summed E-state index contributed by atoms with van der Waals surface area (Å²) in [5, 5.41) is 0. The summed E-state index contributed by atoms with van der Waals surface area (Å²) < 4.78 is 0. The lowest BCUT2D eigenvalue weighted by Gasteiger charge is -2.22. The lowest BCUT2D eigenvalue weighted by atomic mass is 9.85. The Kier molecular flexibility index (Phi) is 1.99. The molecule has 1 nitrogen and oxygen atoms in total. The van der Waals surface area contributed by atoms with E-state index >= 15 is 0 Å². The minimum absolute atomic E-state index is 0.459. The quantitative estimate of drug-likeness (QED) is 0.625. The summed E-state index contributed by atoms with van der Waals surface area (Å²) in [7, 11) is 0. The molecular weight excluding hydrogens is 146 g/mol. The molecule has 2 atom stereocenters. The SMILES string of the molecule is CC1CC1(CN)C1=CCCCC1. The minimum Gasteiger partial charge on any atom is -0.330 e. The Bertz CT molecular complexity index is 203. The third-order valence-corrected chi connectivity index (χ3v) is 3.75. The van der Waals surface area contributed by atoms with Crippen LogP contribution in [0.5, 0.6) is 0 Å². The fourth-order valence-corrected chi connectivity index (χ4v) is 2.64. The van der Waals surface area contributed by atoms with Gasteiger partial charge in [0.25, 0.3) is 0 Å². The number of nitrogens with two attached hydrogens (primary N) is 1. The Hall–Kier alpha value is -0.300. The molecular formula is C11H19N. The molecule has 2 rings (SSSR count). The summed E-state index contributed by atoms with van der Waals surface area (Å²) in [5.74, 6) is 0.854. The fraction of sp³-hybridized carbons (Fsp3) is 0.818. The van der Waals surface area contributed by atoms with Crippen LogP contribution in [0.1, 0.15) is 39.0 Å². The molecule has 2 unspecified atom stereocenters. The van der Waals surface area contributed by atoms with Gasteiger partial charge in [0.2, 0.25) is 0 Å². The molecule has 12 heavy (non-hydrogen) atoms. The van der Waals surface area contributed by atoms with Gasteiger partial charge in [0.1, 0.15) is 0 Å². The monoisotopic (exact) mass is 165 g/mol. The van der Waals surface area contributed by atoms with E-state index in [9.17, 15) is 0 Å². The topological polar surface area (TPSA) is 26.0 Å². The van der Waals surface area contributed by atoms with Crippen molar-refractivity contribution < 1.29 is 0 Å². The van der Waals surface area contributed by atoms with Crippen LogP contribution in [0.2, 0.25) is 0 Å². The summed E-state index contributed by atoms with van der Waals surface area (Å²) in [6.07, 6.45) is 9.19. The molecule has 2 N–H and O–H groups in total. The van der Waals surface area contributed by atoms with Crippen molar-refractivity contribution in [1.82, 2.24) is 0 Å². The number of allylic oxidation sites excluding steroid dienone is 1. The van der Waals surface area contributed by atoms with Crippen molar-refractivity contribution in [2.24, 2.45) is 17.1 Å². The van der Waals surface area contributed by atoms with Gasteiger partial charge in [-0.2, -0.15) is 0 Å². The molecule has 0 radical (unpaired) electrons. The van der Waals surface area contributed by atoms with Gasteiger partial charge in [0.15, 0.2) is 0 Å². The van der Waals surface area contributed by atoms with Crippen molar-refractivity contribution in [3.8, 4) is 0 Å². The predicted octanol–water partition coefficient (Wildman–Crippen LogP) is 2.47. The van der Waals surface area contributed by atoms with Gasteiger partial charge in [-0.3, -0.25) is 0 Å². The van der Waals surface area contributed by atoms with Crippen LogP contribution < -0.4 is 5.73 Å². The van der Waals surface area contributed by atoms with Crippen molar-refractivity contribution in [1.29, 1.82) is 0 Å². The first-order chi connectivity index (χ1) is 5.79. The van der Waals surface area contributed by atoms with Gasteiger partial charge in [0.05, 0.1) is 0 Å². The van der Waals surface area contributed by atoms with Crippen LogP contribution in [0.4, 0.5) is 0 Å². The highest BCUT2D eigenvalue weighted by atomic mass is 14.7. The van der Waals surface area contributed by atoms with Crippen molar-refractivity contribution >= 4 is 0 Å². The summed E-state index contributed by atoms with van der Waals surface area (Å²) >= 11 is 0. The second-order valence-electron chi connectivity index (χ2n) is 4.44. The van der Waals surface area contributed by atoms with E-state index in [1.54, 1.807) is 5.57 Å². The van der Waals surface area contributed by atoms with Crippen LogP contribution in [-0.2, 0) is 0 Å². The molecule has 1 saturated carbocycles. The molecule has 0 aromatic carbocycles. The van der Waals surface area contributed by atoms with E-state index < -0.39 is 0 Å². The van der Waals surface area contributed by atoms with Crippen LogP contribution in [-0.4, -0.2) is 6.54 Å². The van der Waals surface area contributed by atoms with Gasteiger partial charge < -0.3 is 5.73 Å². The smallest absolute Gasteiger partial charge is 0.00632 e. The minimum atomic E-state index is 0.459. The first-order valence-corrected chi connectivity index (χ1v) is 5.19. The average molecular weight is 165 g/mol. The maximum absolute atomic E-state index is 5.85. The maximum Gasteiger partial charge on any atom is 0.00632 e. The second kappa shape index (κ2) is 2.88. The summed E-state index contributed by atoms with van der Waals surface area (Å²) in [6.45, 7) is 3.21. The van der Waals surface area contributed by atoms with E-state index in [0.717, 1.165) is 12.5 Å². The molecule has 0 aromatic heterocycles. The molecule has 0 aromatic rings. The Morgan fingerprint density at radius 2 is 2.33 bits per heavy atom. The Labute approximate surface area is 75.0 Å². The van der Waals surface area contributed by atoms with E-state index in [0.29, 0.717) is 5.41 Å². The molecule has 2 aliphatic carbocycles. The summed E-state index contributed by atoms with van der Waals surface area (Å²) in [5.41, 5.74) is 7.99. The largest absolute Gasteiger partial charge is 0.330 e. The molecule has 0 amide bonds. The zero-order valence-corrected chi connectivity index (χ0v) is 7.97. The van der Waals surface area contributed by atoms with Crippen molar-refractivity contribution in [2.45, 2.75) is 39.0 Å². The van der Waals surface area contributed by atoms with Crippen LogP contribution in [0.25, 0.3) is 0 Å². The first kappa shape index (κ1) is 8.31. The molecule has 0 aliphatic heterocycles. The van der Waals surface area contributed by atoms with E-state index in [1.165, 1.54) is 32.1 Å². The highest BCUT2D eigenvalue weighted by Crippen LogP contribution is 2.58. The van der Waals surface area contributed by atoms with Gasteiger partial charge >= 0.3 is 0 Å². The van der Waals surface area contributed by atoms with Gasteiger partial charge in [-0.05, 0) is 38.0 Å². The average Bonchev–Trinajstić information content (AvgIpc) is 2.80. The molecule has 0 spiro atoms. The maximum atomic E-state index is 5.85. The van der Waals surface area contributed by atoms with Crippen LogP contribution in [0.3, 0.4) is 0 Å². The van der Waals surface area contributed by atoms with Crippen molar-refractivity contribution in [3.63, 3.8) is 0 Å². The Morgan fingerprint density at radius 1 is 1.58 bits per heavy atom. The molecule has 1 heteroatoms.